The Kier molecular flexibility index (Phi) is 4.90. The van der Waals surface area contributed by atoms with Crippen LogP contribution in [-0.2, 0) is 13.7 Å². The summed E-state index contributed by atoms with van der Waals surface area (Å²) in [6.07, 6.45) is 1.84. The van der Waals surface area contributed by atoms with E-state index >= 15 is 0 Å². The minimum atomic E-state index is 0.504. The fourth-order valence-corrected chi connectivity index (χ4v) is 3.13. The fraction of sp³-hybridized carbons (Fsp3) is 0.0833. The molecular weight excluding hydrogens is 346 g/mol. The van der Waals surface area contributed by atoms with Crippen molar-refractivity contribution < 1.29 is 4.74 Å². The number of ether oxygens (including phenoxy) is 1. The average Bonchev–Trinajstić information content (AvgIpc) is 3.08. The first-order valence-electron chi connectivity index (χ1n) is 9.05. The Bertz CT molecular complexity index is 1180. The molecule has 28 heavy (non-hydrogen) atoms. The lowest BCUT2D eigenvalue weighted by molar-refractivity contribution is 0.306. The van der Waals surface area contributed by atoms with Gasteiger partial charge >= 0.3 is 0 Å². The van der Waals surface area contributed by atoms with E-state index in [0.29, 0.717) is 18.0 Å². The van der Waals surface area contributed by atoms with Crippen LogP contribution in [0.25, 0.3) is 22.7 Å². The Hall–Kier alpha value is -3.84. The minimum absolute atomic E-state index is 0.504. The van der Waals surface area contributed by atoms with Gasteiger partial charge in [-0.1, -0.05) is 54.6 Å². The predicted molar refractivity (Wildman–Crippen MR) is 111 cm³/mol. The van der Waals surface area contributed by atoms with Crippen LogP contribution >= 0.6 is 0 Å². The molecule has 0 aliphatic heterocycles. The monoisotopic (exact) mass is 365 g/mol. The van der Waals surface area contributed by atoms with Crippen LogP contribution in [0.1, 0.15) is 17.0 Å². The molecule has 3 aromatic carbocycles. The quantitative estimate of drug-likeness (QED) is 0.456. The lowest BCUT2D eigenvalue weighted by Crippen LogP contribution is -1.96. The number of rotatable bonds is 5. The maximum absolute atomic E-state index is 9.71. The number of nitrogens with zero attached hydrogens (tertiary/aromatic N) is 3. The molecule has 0 saturated heterocycles. The number of hydrogen-bond donors (Lipinski definition) is 0. The predicted octanol–water partition coefficient (Wildman–Crippen LogP) is 5.22. The Labute approximate surface area is 164 Å². The van der Waals surface area contributed by atoms with Gasteiger partial charge in [-0.3, -0.25) is 0 Å². The molecule has 0 amide bonds. The van der Waals surface area contributed by atoms with Gasteiger partial charge in [-0.05, 0) is 41.5 Å². The summed E-state index contributed by atoms with van der Waals surface area (Å²) in [5.74, 6) is 1.42. The molecule has 4 heteroatoms. The van der Waals surface area contributed by atoms with Crippen molar-refractivity contribution in [1.29, 1.82) is 5.26 Å². The molecule has 0 unspecified atom stereocenters. The van der Waals surface area contributed by atoms with Crippen molar-refractivity contribution >= 4 is 22.7 Å². The maximum Gasteiger partial charge on any atom is 0.151 e. The van der Waals surface area contributed by atoms with E-state index in [1.165, 1.54) is 0 Å². The molecule has 0 atom stereocenters. The summed E-state index contributed by atoms with van der Waals surface area (Å²) < 4.78 is 7.84. The summed E-state index contributed by atoms with van der Waals surface area (Å²) in [6, 6.07) is 27.9. The van der Waals surface area contributed by atoms with E-state index in [1.807, 2.05) is 96.6 Å². The van der Waals surface area contributed by atoms with E-state index in [4.69, 9.17) is 4.74 Å². The molecule has 0 aliphatic rings. The highest BCUT2D eigenvalue weighted by Gasteiger charge is 2.12. The number of para-hydroxylation sites is 2. The zero-order valence-corrected chi connectivity index (χ0v) is 15.5. The van der Waals surface area contributed by atoms with E-state index in [-0.39, 0.29) is 0 Å². The van der Waals surface area contributed by atoms with Crippen molar-refractivity contribution in [2.75, 3.05) is 0 Å². The second kappa shape index (κ2) is 7.81. The summed E-state index contributed by atoms with van der Waals surface area (Å²) in [7, 11) is 1.93. The van der Waals surface area contributed by atoms with Crippen LogP contribution in [0, 0.1) is 11.3 Å². The first-order chi connectivity index (χ1) is 13.7. The smallest absolute Gasteiger partial charge is 0.151 e. The van der Waals surface area contributed by atoms with Crippen molar-refractivity contribution in [3.8, 4) is 11.8 Å². The topological polar surface area (TPSA) is 50.8 Å². The first-order valence-corrected chi connectivity index (χ1v) is 9.05. The molecule has 4 aromatic rings. The average molecular weight is 365 g/mol. The molecule has 0 bridgehead atoms. The maximum atomic E-state index is 9.71. The van der Waals surface area contributed by atoms with Crippen molar-refractivity contribution in [2.45, 2.75) is 6.61 Å². The van der Waals surface area contributed by atoms with Gasteiger partial charge in [0.2, 0.25) is 0 Å². The Morgan fingerprint density at radius 1 is 1.04 bits per heavy atom. The summed E-state index contributed by atoms with van der Waals surface area (Å²) in [5.41, 5.74) is 4.40. The summed E-state index contributed by atoms with van der Waals surface area (Å²) in [5, 5.41) is 9.71. The third-order valence-electron chi connectivity index (χ3n) is 4.57. The fourth-order valence-electron chi connectivity index (χ4n) is 3.13. The highest BCUT2D eigenvalue weighted by Crippen LogP contribution is 2.23. The molecule has 0 aliphatic carbocycles. The van der Waals surface area contributed by atoms with Gasteiger partial charge < -0.3 is 9.30 Å². The number of nitriles is 1. The van der Waals surface area contributed by atoms with Crippen LogP contribution < -0.4 is 4.74 Å². The summed E-state index contributed by atoms with van der Waals surface area (Å²) in [6.45, 7) is 0.504. The SMILES string of the molecule is Cn1c(/C(C#N)=C\c2cccc(OCc3ccccc3)c2)nc2ccccc21. The van der Waals surface area contributed by atoms with Gasteiger partial charge in [0.25, 0.3) is 0 Å². The highest BCUT2D eigenvalue weighted by molar-refractivity contribution is 5.90. The highest BCUT2D eigenvalue weighted by atomic mass is 16.5. The number of imidazole rings is 1. The van der Waals surface area contributed by atoms with E-state index < -0.39 is 0 Å². The van der Waals surface area contributed by atoms with Gasteiger partial charge in [0, 0.05) is 7.05 Å². The van der Waals surface area contributed by atoms with Gasteiger partial charge in [0.05, 0.1) is 16.6 Å². The zero-order chi connectivity index (χ0) is 19.3. The number of aryl methyl sites for hydroxylation is 1. The number of aromatic nitrogens is 2. The Morgan fingerprint density at radius 2 is 1.82 bits per heavy atom. The van der Waals surface area contributed by atoms with Gasteiger partial charge in [-0.15, -0.1) is 0 Å². The van der Waals surface area contributed by atoms with Gasteiger partial charge in [0.1, 0.15) is 18.4 Å². The molecule has 1 heterocycles. The standard InChI is InChI=1S/C24H19N3O/c1-27-23-13-6-5-12-22(23)26-24(27)20(16-25)14-19-10-7-11-21(15-19)28-17-18-8-3-2-4-9-18/h2-15H,17H2,1H3/b20-14-. The number of fused-ring (bicyclic) bond motifs is 1. The van der Waals surface area contributed by atoms with Crippen LogP contribution in [-0.4, -0.2) is 9.55 Å². The van der Waals surface area contributed by atoms with Gasteiger partial charge in [-0.25, -0.2) is 4.98 Å². The Morgan fingerprint density at radius 3 is 2.61 bits per heavy atom. The van der Waals surface area contributed by atoms with Gasteiger partial charge in [-0.2, -0.15) is 5.26 Å². The van der Waals surface area contributed by atoms with Crippen molar-refractivity contribution in [2.24, 2.45) is 7.05 Å². The Balaban J connectivity index is 1.61. The first kappa shape index (κ1) is 17.6. The summed E-state index contributed by atoms with van der Waals surface area (Å²) in [4.78, 5) is 4.62. The molecular formula is C24H19N3O. The third-order valence-corrected chi connectivity index (χ3v) is 4.57. The molecule has 4 rings (SSSR count). The lowest BCUT2D eigenvalue weighted by atomic mass is 10.1. The number of hydrogen-bond acceptors (Lipinski definition) is 3. The largest absolute Gasteiger partial charge is 0.489 e. The van der Waals surface area contributed by atoms with E-state index in [1.54, 1.807) is 0 Å². The summed E-state index contributed by atoms with van der Waals surface area (Å²) >= 11 is 0. The van der Waals surface area contributed by atoms with Crippen LogP contribution in [0.15, 0.2) is 78.9 Å². The normalized spacial score (nSPS) is 11.4. The van der Waals surface area contributed by atoms with Crippen LogP contribution in [0.3, 0.4) is 0 Å². The second-order valence-corrected chi connectivity index (χ2v) is 6.50. The minimum Gasteiger partial charge on any atom is -0.489 e. The van der Waals surface area contributed by atoms with Gasteiger partial charge in [0.15, 0.2) is 5.82 Å². The van der Waals surface area contributed by atoms with Crippen molar-refractivity contribution in [3.63, 3.8) is 0 Å². The van der Waals surface area contributed by atoms with E-state index in [9.17, 15) is 5.26 Å². The molecule has 136 valence electrons. The second-order valence-electron chi connectivity index (χ2n) is 6.50. The van der Waals surface area contributed by atoms with Crippen molar-refractivity contribution in [3.05, 3.63) is 95.8 Å². The number of benzene rings is 3. The van der Waals surface area contributed by atoms with Crippen LogP contribution in [0.2, 0.25) is 0 Å². The molecule has 0 radical (unpaired) electrons. The lowest BCUT2D eigenvalue weighted by Gasteiger charge is -2.07. The molecule has 0 fully saturated rings. The molecule has 0 N–H and O–H groups in total. The van der Waals surface area contributed by atoms with Crippen LogP contribution in [0.4, 0.5) is 0 Å². The third kappa shape index (κ3) is 3.65. The van der Waals surface area contributed by atoms with Crippen LogP contribution in [0.5, 0.6) is 5.75 Å². The van der Waals surface area contributed by atoms with Crippen molar-refractivity contribution in [1.82, 2.24) is 9.55 Å². The molecule has 0 saturated carbocycles. The van der Waals surface area contributed by atoms with E-state index in [0.717, 1.165) is 27.9 Å². The molecule has 4 nitrogen and oxygen atoms in total. The molecule has 1 aromatic heterocycles. The van der Waals surface area contributed by atoms with E-state index in [2.05, 4.69) is 11.1 Å². The zero-order valence-electron chi connectivity index (χ0n) is 15.5. The number of allylic oxidation sites excluding steroid dienone is 1. The molecule has 0 spiro atoms.